The fourth-order valence-electron chi connectivity index (χ4n) is 3.15. The standard InChI is InChI=1S/C16H25N3O/c1-2-15(11-6-4-3-5-7-11)19-16(20)12-8-13(17)10-14(18)9-12/h8-11,15H,2-7,17-18H2,1H3,(H,19,20). The van der Waals surface area contributed by atoms with Crippen LogP contribution in [-0.4, -0.2) is 11.9 Å². The van der Waals surface area contributed by atoms with Crippen molar-refractivity contribution in [2.75, 3.05) is 11.5 Å². The molecule has 110 valence electrons. The van der Waals surface area contributed by atoms with Crippen LogP contribution >= 0.6 is 0 Å². The van der Waals surface area contributed by atoms with Gasteiger partial charge in [0.25, 0.3) is 5.91 Å². The summed E-state index contributed by atoms with van der Waals surface area (Å²) in [4.78, 5) is 12.3. The maximum Gasteiger partial charge on any atom is 0.251 e. The number of benzene rings is 1. The maximum absolute atomic E-state index is 12.3. The first-order valence-corrected chi connectivity index (χ1v) is 7.57. The summed E-state index contributed by atoms with van der Waals surface area (Å²) in [6.45, 7) is 2.13. The van der Waals surface area contributed by atoms with Crippen LogP contribution in [0.25, 0.3) is 0 Å². The molecule has 4 nitrogen and oxygen atoms in total. The normalized spacial score (nSPS) is 17.6. The van der Waals surface area contributed by atoms with E-state index in [1.807, 2.05) is 0 Å². The number of hydrogen-bond acceptors (Lipinski definition) is 3. The van der Waals surface area contributed by atoms with Gasteiger partial charge in [0.05, 0.1) is 0 Å². The van der Waals surface area contributed by atoms with Crippen molar-refractivity contribution in [2.45, 2.75) is 51.5 Å². The van der Waals surface area contributed by atoms with Gasteiger partial charge in [-0.25, -0.2) is 0 Å². The Hall–Kier alpha value is -1.71. The van der Waals surface area contributed by atoms with Gasteiger partial charge in [-0.2, -0.15) is 0 Å². The van der Waals surface area contributed by atoms with Gasteiger partial charge < -0.3 is 16.8 Å². The van der Waals surface area contributed by atoms with Gasteiger partial charge in [0.15, 0.2) is 0 Å². The molecule has 0 heterocycles. The molecule has 1 saturated carbocycles. The van der Waals surface area contributed by atoms with E-state index < -0.39 is 0 Å². The summed E-state index contributed by atoms with van der Waals surface area (Å²) >= 11 is 0. The summed E-state index contributed by atoms with van der Waals surface area (Å²) in [5.41, 5.74) is 13.1. The monoisotopic (exact) mass is 275 g/mol. The zero-order valence-electron chi connectivity index (χ0n) is 12.2. The molecule has 1 aromatic rings. The molecule has 1 aromatic carbocycles. The molecule has 4 heteroatoms. The lowest BCUT2D eigenvalue weighted by Crippen LogP contribution is -2.40. The number of anilines is 2. The van der Waals surface area contributed by atoms with E-state index in [1.165, 1.54) is 32.1 Å². The molecule has 1 amide bonds. The number of nitrogens with two attached hydrogens (primary N) is 2. The summed E-state index contributed by atoms with van der Waals surface area (Å²) in [6.07, 6.45) is 7.29. The van der Waals surface area contributed by atoms with Crippen LogP contribution in [-0.2, 0) is 0 Å². The molecule has 0 spiro atoms. The van der Waals surface area contributed by atoms with Gasteiger partial charge in [-0.3, -0.25) is 4.79 Å². The van der Waals surface area contributed by atoms with Gasteiger partial charge in [-0.15, -0.1) is 0 Å². The van der Waals surface area contributed by atoms with Gasteiger partial charge in [0.2, 0.25) is 0 Å². The fourth-order valence-corrected chi connectivity index (χ4v) is 3.15. The Balaban J connectivity index is 2.04. The van der Waals surface area contributed by atoms with Gasteiger partial charge in [0, 0.05) is 23.0 Å². The smallest absolute Gasteiger partial charge is 0.251 e. The van der Waals surface area contributed by atoms with Crippen molar-refractivity contribution in [3.05, 3.63) is 23.8 Å². The van der Waals surface area contributed by atoms with Crippen LogP contribution in [0.5, 0.6) is 0 Å². The Morgan fingerprint density at radius 3 is 2.35 bits per heavy atom. The van der Waals surface area contributed by atoms with E-state index >= 15 is 0 Å². The molecule has 1 fully saturated rings. The van der Waals surface area contributed by atoms with E-state index in [4.69, 9.17) is 11.5 Å². The van der Waals surface area contributed by atoms with Gasteiger partial charge in [0.1, 0.15) is 0 Å². The van der Waals surface area contributed by atoms with E-state index in [9.17, 15) is 4.79 Å². The molecule has 0 aromatic heterocycles. The highest BCUT2D eigenvalue weighted by atomic mass is 16.1. The predicted molar refractivity (Wildman–Crippen MR) is 83.4 cm³/mol. The van der Waals surface area contributed by atoms with Crippen molar-refractivity contribution in [1.29, 1.82) is 0 Å². The second-order valence-electron chi connectivity index (χ2n) is 5.77. The Morgan fingerprint density at radius 1 is 1.20 bits per heavy atom. The Kier molecular flexibility index (Phi) is 4.88. The number of hydrogen-bond donors (Lipinski definition) is 3. The summed E-state index contributed by atoms with van der Waals surface area (Å²) in [7, 11) is 0. The quantitative estimate of drug-likeness (QED) is 0.739. The summed E-state index contributed by atoms with van der Waals surface area (Å²) in [6, 6.07) is 5.28. The Morgan fingerprint density at radius 2 is 1.80 bits per heavy atom. The lowest BCUT2D eigenvalue weighted by Gasteiger charge is -2.30. The van der Waals surface area contributed by atoms with Crippen LogP contribution in [0, 0.1) is 5.92 Å². The molecule has 1 aliphatic rings. The third kappa shape index (κ3) is 3.65. The Bertz CT molecular complexity index is 447. The third-order valence-corrected chi connectivity index (χ3v) is 4.22. The SMILES string of the molecule is CCC(NC(=O)c1cc(N)cc(N)c1)C1CCCCC1. The molecule has 1 atom stereocenters. The number of carbonyl (C=O) groups is 1. The highest BCUT2D eigenvalue weighted by Crippen LogP contribution is 2.28. The number of carbonyl (C=O) groups excluding carboxylic acids is 1. The van der Waals surface area contributed by atoms with Crippen molar-refractivity contribution < 1.29 is 4.79 Å². The third-order valence-electron chi connectivity index (χ3n) is 4.22. The molecule has 0 saturated heterocycles. The van der Waals surface area contributed by atoms with Crippen molar-refractivity contribution in [3.8, 4) is 0 Å². The first-order valence-electron chi connectivity index (χ1n) is 7.57. The van der Waals surface area contributed by atoms with E-state index in [0.29, 0.717) is 22.9 Å². The maximum atomic E-state index is 12.3. The minimum Gasteiger partial charge on any atom is -0.399 e. The van der Waals surface area contributed by atoms with Crippen molar-refractivity contribution in [3.63, 3.8) is 0 Å². The molecule has 0 bridgehead atoms. The van der Waals surface area contributed by atoms with Crippen molar-refractivity contribution in [2.24, 2.45) is 5.92 Å². The second-order valence-corrected chi connectivity index (χ2v) is 5.77. The minimum absolute atomic E-state index is 0.0681. The van der Waals surface area contributed by atoms with Crippen molar-refractivity contribution >= 4 is 17.3 Å². The van der Waals surface area contributed by atoms with Crippen LogP contribution < -0.4 is 16.8 Å². The van der Waals surface area contributed by atoms with Gasteiger partial charge in [-0.1, -0.05) is 26.2 Å². The van der Waals surface area contributed by atoms with Gasteiger partial charge in [-0.05, 0) is 43.4 Å². The van der Waals surface area contributed by atoms with E-state index in [-0.39, 0.29) is 11.9 Å². The molecule has 1 unspecified atom stereocenters. The fraction of sp³-hybridized carbons (Fsp3) is 0.562. The van der Waals surface area contributed by atoms with E-state index in [2.05, 4.69) is 12.2 Å². The minimum atomic E-state index is -0.0681. The zero-order chi connectivity index (χ0) is 14.5. The average molecular weight is 275 g/mol. The summed E-state index contributed by atoms with van der Waals surface area (Å²) in [5.74, 6) is 0.539. The average Bonchev–Trinajstić information content (AvgIpc) is 2.44. The highest BCUT2D eigenvalue weighted by molar-refractivity contribution is 5.96. The number of nitrogen functional groups attached to an aromatic ring is 2. The van der Waals surface area contributed by atoms with Crippen LogP contribution in [0.3, 0.4) is 0 Å². The second kappa shape index (κ2) is 6.64. The van der Waals surface area contributed by atoms with Crippen LogP contribution in [0.2, 0.25) is 0 Å². The molecule has 20 heavy (non-hydrogen) atoms. The first-order chi connectivity index (χ1) is 9.60. The highest BCUT2D eigenvalue weighted by Gasteiger charge is 2.24. The molecule has 5 N–H and O–H groups in total. The van der Waals surface area contributed by atoms with Crippen LogP contribution in [0.1, 0.15) is 55.8 Å². The lowest BCUT2D eigenvalue weighted by atomic mass is 9.83. The van der Waals surface area contributed by atoms with Crippen LogP contribution in [0.4, 0.5) is 11.4 Å². The lowest BCUT2D eigenvalue weighted by molar-refractivity contribution is 0.0911. The summed E-state index contributed by atoms with van der Waals surface area (Å²) < 4.78 is 0. The first kappa shape index (κ1) is 14.7. The van der Waals surface area contributed by atoms with Crippen molar-refractivity contribution in [1.82, 2.24) is 5.32 Å². The number of rotatable bonds is 4. The zero-order valence-corrected chi connectivity index (χ0v) is 12.2. The molecule has 1 aliphatic carbocycles. The topological polar surface area (TPSA) is 81.1 Å². The molecule has 0 radical (unpaired) electrons. The van der Waals surface area contributed by atoms with Gasteiger partial charge >= 0.3 is 0 Å². The Labute approximate surface area is 120 Å². The number of amides is 1. The summed E-state index contributed by atoms with van der Waals surface area (Å²) in [5, 5.41) is 3.16. The van der Waals surface area contributed by atoms with E-state index in [0.717, 1.165) is 6.42 Å². The largest absolute Gasteiger partial charge is 0.399 e. The molecular formula is C16H25N3O. The predicted octanol–water partition coefficient (Wildman–Crippen LogP) is 2.94. The van der Waals surface area contributed by atoms with E-state index in [1.54, 1.807) is 18.2 Å². The van der Waals surface area contributed by atoms with Crippen LogP contribution in [0.15, 0.2) is 18.2 Å². The molecular weight excluding hydrogens is 250 g/mol. The molecule has 2 rings (SSSR count). The number of nitrogens with one attached hydrogen (secondary N) is 1. The molecule has 0 aliphatic heterocycles.